The number of hydrogen-bond acceptors (Lipinski definition) is 3. The topological polar surface area (TPSA) is 38.5 Å². The van der Waals surface area contributed by atoms with E-state index in [1.165, 1.54) is 5.56 Å². The van der Waals surface area contributed by atoms with E-state index in [1.807, 2.05) is 36.4 Å². The van der Waals surface area contributed by atoms with Gasteiger partial charge < -0.3 is 15.4 Å². The molecule has 0 heterocycles. The van der Waals surface area contributed by atoms with Crippen molar-refractivity contribution in [3.63, 3.8) is 0 Å². The van der Waals surface area contributed by atoms with Crippen LogP contribution in [0, 0.1) is 0 Å². The van der Waals surface area contributed by atoms with Gasteiger partial charge in [0.25, 0.3) is 0 Å². The van der Waals surface area contributed by atoms with E-state index < -0.39 is 0 Å². The van der Waals surface area contributed by atoms with Gasteiger partial charge in [-0.05, 0) is 29.8 Å². The zero-order valence-electron chi connectivity index (χ0n) is 11.7. The summed E-state index contributed by atoms with van der Waals surface area (Å²) in [5.41, 5.74) is 8.85. The molecule has 0 fully saturated rings. The lowest BCUT2D eigenvalue weighted by molar-refractivity contribution is 0.415. The van der Waals surface area contributed by atoms with Gasteiger partial charge in [0.15, 0.2) is 0 Å². The molecule has 3 nitrogen and oxygen atoms in total. The summed E-state index contributed by atoms with van der Waals surface area (Å²) >= 11 is 4.95. The van der Waals surface area contributed by atoms with Gasteiger partial charge in [0, 0.05) is 24.8 Å². The molecule has 0 atom stereocenters. The summed E-state index contributed by atoms with van der Waals surface area (Å²) in [6, 6.07) is 16.0. The Kier molecular flexibility index (Phi) is 4.58. The van der Waals surface area contributed by atoms with E-state index in [1.54, 1.807) is 7.11 Å². The van der Waals surface area contributed by atoms with Gasteiger partial charge in [0.05, 0.1) is 7.11 Å². The van der Waals surface area contributed by atoms with Gasteiger partial charge in [0.2, 0.25) is 0 Å². The molecule has 0 saturated heterocycles. The van der Waals surface area contributed by atoms with Crippen LogP contribution < -0.4 is 15.4 Å². The van der Waals surface area contributed by atoms with Crippen molar-refractivity contribution in [3.8, 4) is 5.75 Å². The van der Waals surface area contributed by atoms with Crippen molar-refractivity contribution in [2.75, 3.05) is 19.1 Å². The van der Waals surface area contributed by atoms with Gasteiger partial charge in [0.1, 0.15) is 10.7 Å². The molecule has 2 aromatic rings. The lowest BCUT2D eigenvalue weighted by atomic mass is 10.1. The minimum atomic E-state index is 0.431. The first-order valence-corrected chi connectivity index (χ1v) is 6.75. The number of nitrogens with two attached hydrogens (primary N) is 1. The maximum absolute atomic E-state index is 5.59. The van der Waals surface area contributed by atoms with Crippen LogP contribution in [-0.2, 0) is 6.54 Å². The van der Waals surface area contributed by atoms with Crippen molar-refractivity contribution in [2.24, 2.45) is 5.73 Å². The van der Waals surface area contributed by atoms with Crippen molar-refractivity contribution in [3.05, 3.63) is 59.7 Å². The van der Waals surface area contributed by atoms with Crippen molar-refractivity contribution in [2.45, 2.75) is 6.54 Å². The molecule has 4 heteroatoms. The molecule has 20 heavy (non-hydrogen) atoms. The Hall–Kier alpha value is -2.07. The predicted molar refractivity (Wildman–Crippen MR) is 87.4 cm³/mol. The first-order chi connectivity index (χ1) is 9.60. The van der Waals surface area contributed by atoms with Crippen LogP contribution in [0.15, 0.2) is 48.5 Å². The van der Waals surface area contributed by atoms with Gasteiger partial charge in [-0.3, -0.25) is 0 Å². The van der Waals surface area contributed by atoms with Crippen molar-refractivity contribution in [1.29, 1.82) is 0 Å². The SMILES string of the molecule is COc1ccc(N(C)Cc2ccc(C(N)=S)cc2)cc1. The third-order valence-corrected chi connectivity index (χ3v) is 3.41. The summed E-state index contributed by atoms with van der Waals surface area (Å²) in [5, 5.41) is 0. The molecular formula is C16H18N2OS. The summed E-state index contributed by atoms with van der Waals surface area (Å²) < 4.78 is 5.16. The maximum Gasteiger partial charge on any atom is 0.119 e. The fraction of sp³-hybridized carbons (Fsp3) is 0.188. The first-order valence-electron chi connectivity index (χ1n) is 6.34. The number of methoxy groups -OCH3 is 1. The minimum Gasteiger partial charge on any atom is -0.497 e. The molecule has 0 saturated carbocycles. The number of hydrogen-bond donors (Lipinski definition) is 1. The van der Waals surface area contributed by atoms with E-state index in [2.05, 4.69) is 24.1 Å². The summed E-state index contributed by atoms with van der Waals surface area (Å²) in [6.45, 7) is 0.823. The average Bonchev–Trinajstić information content (AvgIpc) is 2.48. The Morgan fingerprint density at radius 1 is 1.10 bits per heavy atom. The van der Waals surface area contributed by atoms with Gasteiger partial charge >= 0.3 is 0 Å². The minimum absolute atomic E-state index is 0.431. The van der Waals surface area contributed by atoms with Crippen LogP contribution in [-0.4, -0.2) is 19.1 Å². The van der Waals surface area contributed by atoms with Crippen molar-refractivity contribution < 1.29 is 4.74 Å². The summed E-state index contributed by atoms with van der Waals surface area (Å²) in [5.74, 6) is 0.864. The zero-order chi connectivity index (χ0) is 14.5. The number of thiocarbonyl (C=S) groups is 1. The summed E-state index contributed by atoms with van der Waals surface area (Å²) in [4.78, 5) is 2.61. The summed E-state index contributed by atoms with van der Waals surface area (Å²) in [7, 11) is 3.73. The fourth-order valence-corrected chi connectivity index (χ4v) is 2.11. The van der Waals surface area contributed by atoms with Crippen LogP contribution in [0.1, 0.15) is 11.1 Å². The molecule has 0 aromatic heterocycles. The van der Waals surface area contributed by atoms with Crippen LogP contribution in [0.5, 0.6) is 5.75 Å². The lowest BCUT2D eigenvalue weighted by Gasteiger charge is -2.19. The Morgan fingerprint density at radius 2 is 1.70 bits per heavy atom. The molecule has 0 unspecified atom stereocenters. The van der Waals surface area contributed by atoms with Crippen LogP contribution in [0.4, 0.5) is 5.69 Å². The van der Waals surface area contributed by atoms with Crippen LogP contribution in [0.3, 0.4) is 0 Å². The highest BCUT2D eigenvalue weighted by Crippen LogP contribution is 2.19. The molecule has 0 aliphatic rings. The Balaban J connectivity index is 2.06. The number of benzene rings is 2. The molecule has 0 aliphatic carbocycles. The number of nitrogens with zero attached hydrogens (tertiary/aromatic N) is 1. The Bertz CT molecular complexity index is 578. The fourth-order valence-electron chi connectivity index (χ4n) is 1.98. The third-order valence-electron chi connectivity index (χ3n) is 3.17. The molecule has 0 aliphatic heterocycles. The first kappa shape index (κ1) is 14.3. The molecule has 0 bridgehead atoms. The van der Waals surface area contributed by atoms with E-state index in [0.717, 1.165) is 23.5 Å². The zero-order valence-corrected chi connectivity index (χ0v) is 12.5. The largest absolute Gasteiger partial charge is 0.497 e. The molecule has 2 N–H and O–H groups in total. The predicted octanol–water partition coefficient (Wildman–Crippen LogP) is 2.97. The quantitative estimate of drug-likeness (QED) is 0.858. The molecular weight excluding hydrogens is 268 g/mol. The molecule has 0 spiro atoms. The van der Waals surface area contributed by atoms with Crippen molar-refractivity contribution in [1.82, 2.24) is 0 Å². The van der Waals surface area contributed by atoms with Crippen LogP contribution in [0.25, 0.3) is 0 Å². The maximum atomic E-state index is 5.59. The van der Waals surface area contributed by atoms with Crippen molar-refractivity contribution >= 4 is 22.9 Å². The smallest absolute Gasteiger partial charge is 0.119 e. The highest BCUT2D eigenvalue weighted by atomic mass is 32.1. The summed E-state index contributed by atoms with van der Waals surface area (Å²) in [6.07, 6.45) is 0. The second kappa shape index (κ2) is 6.39. The third kappa shape index (κ3) is 3.48. The number of rotatable bonds is 5. The van der Waals surface area contributed by atoms with Gasteiger partial charge in [-0.15, -0.1) is 0 Å². The highest BCUT2D eigenvalue weighted by molar-refractivity contribution is 7.80. The van der Waals surface area contributed by atoms with E-state index in [9.17, 15) is 0 Å². The van der Waals surface area contributed by atoms with Crippen LogP contribution in [0.2, 0.25) is 0 Å². The monoisotopic (exact) mass is 286 g/mol. The number of anilines is 1. The van der Waals surface area contributed by atoms with Gasteiger partial charge in [-0.1, -0.05) is 36.5 Å². The van der Waals surface area contributed by atoms with Gasteiger partial charge in [-0.2, -0.15) is 0 Å². The average molecular weight is 286 g/mol. The second-order valence-corrected chi connectivity index (χ2v) is 5.06. The van der Waals surface area contributed by atoms with Crippen LogP contribution >= 0.6 is 12.2 Å². The standard InChI is InChI=1S/C16H18N2OS/c1-18(14-7-9-15(19-2)10-8-14)11-12-3-5-13(6-4-12)16(17)20/h3-10H,11H2,1-2H3,(H2,17,20). The molecule has 2 aromatic carbocycles. The lowest BCUT2D eigenvalue weighted by Crippen LogP contribution is -2.16. The molecule has 104 valence electrons. The Morgan fingerprint density at radius 3 is 2.20 bits per heavy atom. The normalized spacial score (nSPS) is 10.1. The van der Waals surface area contributed by atoms with E-state index in [4.69, 9.17) is 22.7 Å². The Labute approximate surface area is 125 Å². The van der Waals surface area contributed by atoms with Gasteiger partial charge in [-0.25, -0.2) is 0 Å². The molecule has 0 radical (unpaired) electrons. The number of ether oxygens (including phenoxy) is 1. The van der Waals surface area contributed by atoms with E-state index >= 15 is 0 Å². The van der Waals surface area contributed by atoms with E-state index in [0.29, 0.717) is 4.99 Å². The second-order valence-electron chi connectivity index (χ2n) is 4.62. The van der Waals surface area contributed by atoms with E-state index in [-0.39, 0.29) is 0 Å². The molecule has 2 rings (SSSR count). The molecule has 0 amide bonds. The highest BCUT2D eigenvalue weighted by Gasteiger charge is 2.03.